The third-order valence-electron chi connectivity index (χ3n) is 6.05. The summed E-state index contributed by atoms with van der Waals surface area (Å²) >= 11 is 0. The van der Waals surface area contributed by atoms with Crippen molar-refractivity contribution in [2.24, 2.45) is 0 Å². The molecule has 2 saturated heterocycles. The summed E-state index contributed by atoms with van der Waals surface area (Å²) < 4.78 is 0. The molecule has 2 aliphatic rings. The molecule has 0 saturated carbocycles. The topological polar surface area (TPSA) is 55.7 Å². The van der Waals surface area contributed by atoms with E-state index in [2.05, 4.69) is 55.0 Å². The lowest BCUT2D eigenvalue weighted by atomic mass is 9.99. The summed E-state index contributed by atoms with van der Waals surface area (Å²) in [5.41, 5.74) is 2.37. The third kappa shape index (κ3) is 4.69. The standard InChI is InChI=1S/C22H31N5O/c1-18-7-10-23-22(24-18)27-12-9-20(21(28)17-27)26-15-13-25(14-16-26)11-8-19-5-3-2-4-6-19/h2-7,10,20-21,28H,8-9,11-17H2,1H3/t20-,21-/m0/s1. The molecule has 28 heavy (non-hydrogen) atoms. The summed E-state index contributed by atoms with van der Waals surface area (Å²) in [7, 11) is 0. The number of rotatable bonds is 5. The first-order chi connectivity index (χ1) is 13.7. The van der Waals surface area contributed by atoms with Crippen LogP contribution in [0.15, 0.2) is 42.6 Å². The molecule has 2 aliphatic heterocycles. The molecule has 150 valence electrons. The normalized spacial score (nSPS) is 24.4. The second kappa shape index (κ2) is 8.99. The van der Waals surface area contributed by atoms with E-state index in [-0.39, 0.29) is 12.1 Å². The van der Waals surface area contributed by atoms with E-state index >= 15 is 0 Å². The maximum absolute atomic E-state index is 10.8. The Bertz CT molecular complexity index is 748. The van der Waals surface area contributed by atoms with E-state index in [0.29, 0.717) is 6.54 Å². The molecule has 6 heteroatoms. The summed E-state index contributed by atoms with van der Waals surface area (Å²) in [6.45, 7) is 8.85. The Balaban J connectivity index is 1.25. The number of aryl methyl sites for hydroxylation is 1. The third-order valence-corrected chi connectivity index (χ3v) is 6.05. The molecule has 0 aliphatic carbocycles. The van der Waals surface area contributed by atoms with Crippen molar-refractivity contribution in [3.63, 3.8) is 0 Å². The lowest BCUT2D eigenvalue weighted by Crippen LogP contribution is -2.59. The Kier molecular flexibility index (Phi) is 6.20. The molecular formula is C22H31N5O. The fourth-order valence-electron chi connectivity index (χ4n) is 4.37. The van der Waals surface area contributed by atoms with E-state index in [1.165, 1.54) is 5.56 Å². The number of hydrogen-bond donors (Lipinski definition) is 1. The number of piperidine rings is 1. The van der Waals surface area contributed by atoms with E-state index < -0.39 is 0 Å². The van der Waals surface area contributed by atoms with Gasteiger partial charge in [-0.05, 0) is 31.4 Å². The predicted octanol–water partition coefficient (Wildman–Crippen LogP) is 1.58. The van der Waals surface area contributed by atoms with E-state index in [1.54, 1.807) is 6.20 Å². The molecule has 0 amide bonds. The molecule has 2 atom stereocenters. The van der Waals surface area contributed by atoms with Crippen LogP contribution in [-0.2, 0) is 6.42 Å². The Morgan fingerprint density at radius 2 is 1.82 bits per heavy atom. The van der Waals surface area contributed by atoms with Crippen molar-refractivity contribution >= 4 is 5.95 Å². The average molecular weight is 382 g/mol. The molecule has 1 N–H and O–H groups in total. The van der Waals surface area contributed by atoms with Crippen molar-refractivity contribution < 1.29 is 5.11 Å². The number of anilines is 1. The first kappa shape index (κ1) is 19.3. The van der Waals surface area contributed by atoms with Gasteiger partial charge in [-0.3, -0.25) is 4.90 Å². The zero-order chi connectivity index (χ0) is 19.3. The highest BCUT2D eigenvalue weighted by Crippen LogP contribution is 2.22. The number of hydrogen-bond acceptors (Lipinski definition) is 6. The van der Waals surface area contributed by atoms with Crippen LogP contribution in [0.1, 0.15) is 17.7 Å². The predicted molar refractivity (Wildman–Crippen MR) is 112 cm³/mol. The number of piperazine rings is 1. The maximum atomic E-state index is 10.8. The van der Waals surface area contributed by atoms with Crippen LogP contribution in [-0.4, -0.2) is 82.8 Å². The number of aliphatic hydroxyl groups excluding tert-OH is 1. The number of nitrogens with zero attached hydrogens (tertiary/aromatic N) is 5. The first-order valence-electron chi connectivity index (χ1n) is 10.4. The van der Waals surface area contributed by atoms with Gasteiger partial charge in [-0.2, -0.15) is 0 Å². The molecule has 0 radical (unpaired) electrons. The van der Waals surface area contributed by atoms with E-state index in [1.807, 2.05) is 13.0 Å². The van der Waals surface area contributed by atoms with Gasteiger partial charge in [0.2, 0.25) is 5.95 Å². The van der Waals surface area contributed by atoms with Crippen molar-refractivity contribution in [1.29, 1.82) is 0 Å². The van der Waals surface area contributed by atoms with Gasteiger partial charge >= 0.3 is 0 Å². The zero-order valence-electron chi connectivity index (χ0n) is 16.7. The van der Waals surface area contributed by atoms with Crippen molar-refractivity contribution in [1.82, 2.24) is 19.8 Å². The molecule has 0 unspecified atom stereocenters. The fraction of sp³-hybridized carbons (Fsp3) is 0.545. The highest BCUT2D eigenvalue weighted by Gasteiger charge is 2.34. The van der Waals surface area contributed by atoms with Crippen molar-refractivity contribution in [2.45, 2.75) is 31.9 Å². The number of aromatic nitrogens is 2. The van der Waals surface area contributed by atoms with Gasteiger partial charge in [0.15, 0.2) is 0 Å². The molecular weight excluding hydrogens is 350 g/mol. The first-order valence-corrected chi connectivity index (χ1v) is 10.4. The Morgan fingerprint density at radius 1 is 1.04 bits per heavy atom. The summed E-state index contributed by atoms with van der Waals surface area (Å²) in [6.07, 6.45) is 3.51. The smallest absolute Gasteiger partial charge is 0.225 e. The minimum atomic E-state index is -0.353. The van der Waals surface area contributed by atoms with Crippen LogP contribution >= 0.6 is 0 Å². The molecule has 0 bridgehead atoms. The SMILES string of the molecule is Cc1ccnc(N2CC[C@H](N3CCN(CCc4ccccc4)CC3)[C@@H](O)C2)n1. The highest BCUT2D eigenvalue weighted by atomic mass is 16.3. The van der Waals surface area contributed by atoms with Gasteiger partial charge in [-0.25, -0.2) is 9.97 Å². The van der Waals surface area contributed by atoms with Gasteiger partial charge in [0.1, 0.15) is 0 Å². The summed E-state index contributed by atoms with van der Waals surface area (Å²) in [5, 5.41) is 10.8. The van der Waals surface area contributed by atoms with Gasteiger partial charge in [0.05, 0.1) is 6.10 Å². The summed E-state index contributed by atoms with van der Waals surface area (Å²) in [6, 6.07) is 12.9. The fourth-order valence-corrected chi connectivity index (χ4v) is 4.37. The largest absolute Gasteiger partial charge is 0.390 e. The average Bonchev–Trinajstić information content (AvgIpc) is 2.73. The Hall–Kier alpha value is -2.02. The minimum Gasteiger partial charge on any atom is -0.390 e. The van der Waals surface area contributed by atoms with Gasteiger partial charge in [0, 0.05) is 63.7 Å². The zero-order valence-corrected chi connectivity index (χ0v) is 16.7. The van der Waals surface area contributed by atoms with Crippen LogP contribution < -0.4 is 4.90 Å². The molecule has 2 fully saturated rings. The van der Waals surface area contributed by atoms with Crippen LogP contribution in [0.3, 0.4) is 0 Å². The van der Waals surface area contributed by atoms with Crippen LogP contribution in [0.5, 0.6) is 0 Å². The van der Waals surface area contributed by atoms with Crippen molar-refractivity contribution in [3.05, 3.63) is 53.9 Å². The second-order valence-corrected chi connectivity index (χ2v) is 7.98. The van der Waals surface area contributed by atoms with Gasteiger partial charge < -0.3 is 14.9 Å². The second-order valence-electron chi connectivity index (χ2n) is 7.98. The quantitative estimate of drug-likeness (QED) is 0.849. The van der Waals surface area contributed by atoms with E-state index in [9.17, 15) is 5.11 Å². The van der Waals surface area contributed by atoms with Crippen LogP contribution in [0, 0.1) is 6.92 Å². The Morgan fingerprint density at radius 3 is 2.54 bits per heavy atom. The van der Waals surface area contributed by atoms with Crippen LogP contribution in [0.2, 0.25) is 0 Å². The molecule has 6 nitrogen and oxygen atoms in total. The molecule has 0 spiro atoms. The molecule has 3 heterocycles. The number of benzene rings is 1. The van der Waals surface area contributed by atoms with Crippen molar-refractivity contribution in [3.8, 4) is 0 Å². The van der Waals surface area contributed by atoms with Crippen LogP contribution in [0.25, 0.3) is 0 Å². The van der Waals surface area contributed by atoms with E-state index in [0.717, 1.165) is 63.8 Å². The lowest BCUT2D eigenvalue weighted by Gasteiger charge is -2.45. The molecule has 2 aromatic rings. The maximum Gasteiger partial charge on any atom is 0.225 e. The minimum absolute atomic E-state index is 0.248. The molecule has 4 rings (SSSR count). The number of aliphatic hydroxyl groups is 1. The summed E-state index contributed by atoms with van der Waals surface area (Å²) in [4.78, 5) is 16.0. The number of β-amino-alcohol motifs (C(OH)–C–C–N with tert-alkyl or cyclic N) is 1. The molecule has 1 aromatic heterocycles. The van der Waals surface area contributed by atoms with Gasteiger partial charge in [-0.15, -0.1) is 0 Å². The molecule has 1 aromatic carbocycles. The van der Waals surface area contributed by atoms with Gasteiger partial charge in [0.25, 0.3) is 0 Å². The van der Waals surface area contributed by atoms with Gasteiger partial charge in [-0.1, -0.05) is 30.3 Å². The highest BCUT2D eigenvalue weighted by molar-refractivity contribution is 5.31. The Labute approximate surface area is 167 Å². The lowest BCUT2D eigenvalue weighted by molar-refractivity contribution is 0.00953. The summed E-state index contributed by atoms with van der Waals surface area (Å²) in [5.74, 6) is 0.739. The van der Waals surface area contributed by atoms with Crippen molar-refractivity contribution in [2.75, 3.05) is 50.7 Å². The van der Waals surface area contributed by atoms with E-state index in [4.69, 9.17) is 0 Å². The van der Waals surface area contributed by atoms with Crippen LogP contribution in [0.4, 0.5) is 5.95 Å². The monoisotopic (exact) mass is 381 g/mol.